The maximum Gasteiger partial charge on any atom is 0.269 e. The van der Waals surface area contributed by atoms with Gasteiger partial charge in [-0.05, 0) is 42.8 Å². The van der Waals surface area contributed by atoms with Crippen LogP contribution in [0.4, 0.5) is 17.1 Å². The molecule has 0 aliphatic carbocycles. The van der Waals surface area contributed by atoms with Crippen LogP contribution < -0.4 is 5.32 Å². The molecule has 5 heteroatoms. The van der Waals surface area contributed by atoms with Crippen molar-refractivity contribution in [2.45, 2.75) is 6.92 Å². The number of nitro benzene ring substituents is 1. The Kier molecular flexibility index (Phi) is 3.62. The smallest absolute Gasteiger partial charge is 0.269 e. The highest BCUT2D eigenvalue weighted by atomic mass is 79.9. The normalized spacial score (nSPS) is 10.1. The quantitative estimate of drug-likeness (QED) is 0.675. The highest BCUT2D eigenvalue weighted by molar-refractivity contribution is 9.10. The van der Waals surface area contributed by atoms with E-state index < -0.39 is 4.92 Å². The van der Waals surface area contributed by atoms with Gasteiger partial charge in [-0.25, -0.2) is 0 Å². The van der Waals surface area contributed by atoms with Gasteiger partial charge in [-0.3, -0.25) is 10.1 Å². The molecule has 0 fully saturated rings. The number of benzene rings is 2. The van der Waals surface area contributed by atoms with Gasteiger partial charge in [-0.2, -0.15) is 0 Å². The fourth-order valence-corrected chi connectivity index (χ4v) is 2.06. The van der Waals surface area contributed by atoms with Gasteiger partial charge in [0.05, 0.1) is 4.92 Å². The van der Waals surface area contributed by atoms with E-state index >= 15 is 0 Å². The summed E-state index contributed by atoms with van der Waals surface area (Å²) < 4.78 is 1.02. The Morgan fingerprint density at radius 2 is 1.83 bits per heavy atom. The van der Waals surface area contributed by atoms with Crippen molar-refractivity contribution in [2.75, 3.05) is 5.32 Å². The summed E-state index contributed by atoms with van der Waals surface area (Å²) in [6, 6.07) is 12.3. The van der Waals surface area contributed by atoms with Gasteiger partial charge in [0.1, 0.15) is 0 Å². The lowest BCUT2D eigenvalue weighted by atomic mass is 10.2. The Bertz CT molecular complexity index is 582. The number of aryl methyl sites for hydroxylation is 1. The van der Waals surface area contributed by atoms with Crippen molar-refractivity contribution in [1.82, 2.24) is 0 Å². The van der Waals surface area contributed by atoms with Crippen LogP contribution in [0.1, 0.15) is 5.56 Å². The molecule has 2 aromatic carbocycles. The van der Waals surface area contributed by atoms with E-state index in [0.29, 0.717) is 0 Å². The molecule has 1 N–H and O–H groups in total. The second-order valence-corrected chi connectivity index (χ2v) is 4.80. The Hall–Kier alpha value is -1.88. The van der Waals surface area contributed by atoms with Crippen molar-refractivity contribution < 1.29 is 4.92 Å². The first-order valence-corrected chi connectivity index (χ1v) is 6.13. The summed E-state index contributed by atoms with van der Waals surface area (Å²) in [6.45, 7) is 2.00. The maximum atomic E-state index is 10.5. The van der Waals surface area contributed by atoms with Crippen LogP contribution in [0.5, 0.6) is 0 Å². The fraction of sp³-hybridized carbons (Fsp3) is 0.0769. The lowest BCUT2D eigenvalue weighted by Gasteiger charge is -2.09. The van der Waals surface area contributed by atoms with Crippen LogP contribution >= 0.6 is 15.9 Å². The SMILES string of the molecule is Cc1cc(Br)ccc1Nc1ccc([N+](=O)[O-])cc1. The van der Waals surface area contributed by atoms with E-state index in [4.69, 9.17) is 0 Å². The van der Waals surface area contributed by atoms with Crippen molar-refractivity contribution in [3.8, 4) is 0 Å². The van der Waals surface area contributed by atoms with Crippen molar-refractivity contribution in [3.63, 3.8) is 0 Å². The largest absolute Gasteiger partial charge is 0.355 e. The second kappa shape index (κ2) is 5.18. The number of rotatable bonds is 3. The van der Waals surface area contributed by atoms with Crippen molar-refractivity contribution in [2.24, 2.45) is 0 Å². The number of hydrogen-bond donors (Lipinski definition) is 1. The van der Waals surface area contributed by atoms with Crippen LogP contribution in [0, 0.1) is 17.0 Å². The van der Waals surface area contributed by atoms with Gasteiger partial charge in [0.25, 0.3) is 5.69 Å². The first kappa shape index (κ1) is 12.6. The number of nitrogens with zero attached hydrogens (tertiary/aromatic N) is 1. The average molecular weight is 307 g/mol. The molecule has 0 spiro atoms. The average Bonchev–Trinajstić information content (AvgIpc) is 2.33. The van der Waals surface area contributed by atoms with Gasteiger partial charge in [0, 0.05) is 28.0 Å². The van der Waals surface area contributed by atoms with E-state index in [-0.39, 0.29) is 5.69 Å². The Labute approximate surface area is 113 Å². The van der Waals surface area contributed by atoms with E-state index in [1.54, 1.807) is 12.1 Å². The predicted molar refractivity (Wildman–Crippen MR) is 75.3 cm³/mol. The molecular formula is C13H11BrN2O2. The summed E-state index contributed by atoms with van der Waals surface area (Å²) in [6.07, 6.45) is 0. The predicted octanol–water partition coefficient (Wildman–Crippen LogP) is 4.41. The minimum absolute atomic E-state index is 0.0908. The third-order valence-electron chi connectivity index (χ3n) is 2.55. The lowest BCUT2D eigenvalue weighted by Crippen LogP contribution is -1.93. The summed E-state index contributed by atoms with van der Waals surface area (Å²) in [5, 5.41) is 13.8. The van der Waals surface area contributed by atoms with E-state index in [1.807, 2.05) is 25.1 Å². The molecule has 0 saturated carbocycles. The zero-order valence-corrected chi connectivity index (χ0v) is 11.3. The molecule has 18 heavy (non-hydrogen) atoms. The van der Waals surface area contributed by atoms with Gasteiger partial charge in [0.15, 0.2) is 0 Å². The van der Waals surface area contributed by atoms with E-state index in [1.165, 1.54) is 12.1 Å². The standard InChI is InChI=1S/C13H11BrN2O2/c1-9-8-10(14)2-7-13(9)15-11-3-5-12(6-4-11)16(17)18/h2-8,15H,1H3. The lowest BCUT2D eigenvalue weighted by molar-refractivity contribution is -0.384. The number of hydrogen-bond acceptors (Lipinski definition) is 3. The monoisotopic (exact) mass is 306 g/mol. The molecule has 0 unspecified atom stereocenters. The summed E-state index contributed by atoms with van der Waals surface area (Å²) in [5.74, 6) is 0. The van der Waals surface area contributed by atoms with Gasteiger partial charge in [0.2, 0.25) is 0 Å². The molecule has 4 nitrogen and oxygen atoms in total. The van der Waals surface area contributed by atoms with E-state index in [2.05, 4.69) is 21.2 Å². The molecule has 2 aromatic rings. The third kappa shape index (κ3) is 2.87. The van der Waals surface area contributed by atoms with Gasteiger partial charge in [-0.15, -0.1) is 0 Å². The van der Waals surface area contributed by atoms with Crippen molar-refractivity contribution >= 4 is 33.0 Å². The van der Waals surface area contributed by atoms with Crippen molar-refractivity contribution in [3.05, 3.63) is 62.6 Å². The zero-order valence-electron chi connectivity index (χ0n) is 9.68. The summed E-state index contributed by atoms with van der Waals surface area (Å²) in [7, 11) is 0. The Morgan fingerprint density at radius 3 is 2.39 bits per heavy atom. The van der Waals surface area contributed by atoms with Crippen LogP contribution in [0.3, 0.4) is 0 Å². The highest BCUT2D eigenvalue weighted by Gasteiger charge is 2.04. The molecule has 0 bridgehead atoms. The number of nitrogens with one attached hydrogen (secondary N) is 1. The topological polar surface area (TPSA) is 55.2 Å². The molecule has 92 valence electrons. The minimum atomic E-state index is -0.408. The van der Waals surface area contributed by atoms with Crippen LogP contribution in [0.25, 0.3) is 0 Å². The Morgan fingerprint density at radius 1 is 1.17 bits per heavy atom. The highest BCUT2D eigenvalue weighted by Crippen LogP contribution is 2.24. The van der Waals surface area contributed by atoms with E-state index in [0.717, 1.165) is 21.4 Å². The summed E-state index contributed by atoms with van der Waals surface area (Å²) >= 11 is 3.40. The molecule has 0 amide bonds. The first-order chi connectivity index (χ1) is 8.56. The molecule has 0 heterocycles. The summed E-state index contributed by atoms with van der Waals surface area (Å²) in [4.78, 5) is 10.1. The summed E-state index contributed by atoms with van der Waals surface area (Å²) in [5.41, 5.74) is 2.99. The Balaban J connectivity index is 2.21. The molecule has 0 aliphatic heterocycles. The van der Waals surface area contributed by atoms with Crippen molar-refractivity contribution in [1.29, 1.82) is 0 Å². The molecule has 0 radical (unpaired) electrons. The minimum Gasteiger partial charge on any atom is -0.355 e. The van der Waals surface area contributed by atoms with Gasteiger partial charge >= 0.3 is 0 Å². The number of non-ortho nitro benzene ring substituents is 1. The van der Waals surface area contributed by atoms with Crippen LogP contribution in [-0.4, -0.2) is 4.92 Å². The number of halogens is 1. The van der Waals surface area contributed by atoms with Crippen LogP contribution in [-0.2, 0) is 0 Å². The third-order valence-corrected chi connectivity index (χ3v) is 3.04. The molecule has 0 aromatic heterocycles. The zero-order chi connectivity index (χ0) is 13.1. The first-order valence-electron chi connectivity index (χ1n) is 5.34. The molecular weight excluding hydrogens is 296 g/mol. The molecule has 0 saturated heterocycles. The van der Waals surface area contributed by atoms with Gasteiger partial charge < -0.3 is 5.32 Å². The van der Waals surface area contributed by atoms with E-state index in [9.17, 15) is 10.1 Å². The molecule has 0 aliphatic rings. The second-order valence-electron chi connectivity index (χ2n) is 3.89. The van der Waals surface area contributed by atoms with Crippen LogP contribution in [0.15, 0.2) is 46.9 Å². The number of nitro groups is 1. The number of anilines is 2. The van der Waals surface area contributed by atoms with Crippen LogP contribution in [0.2, 0.25) is 0 Å². The fourth-order valence-electron chi connectivity index (χ4n) is 1.59. The molecule has 0 atom stereocenters. The van der Waals surface area contributed by atoms with Gasteiger partial charge in [-0.1, -0.05) is 15.9 Å². The molecule has 2 rings (SSSR count). The maximum absolute atomic E-state index is 10.5.